The summed E-state index contributed by atoms with van der Waals surface area (Å²) in [6.07, 6.45) is 6.80. The second kappa shape index (κ2) is 11.2. The maximum Gasteiger partial charge on any atom is 0.153 e. The normalized spacial score (nSPS) is 14.5. The highest BCUT2D eigenvalue weighted by molar-refractivity contribution is 5.67. The van der Waals surface area contributed by atoms with Crippen molar-refractivity contribution < 1.29 is 10.6 Å². The average molecular weight is 553 g/mol. The minimum Gasteiger partial charge on any atom is -0.386 e. The standard InChI is InChI=1S/C17H20N4O.C15H16N4/c1-11(18)14-10-15-19-7-8-21(15)20-16(14)12-5-4-6-13(9-12)17(2,3)22;1-10-4-3-5-12(8-10)15-13(11(2)16)9-14-17-6-7-19(14)18-15/h4-11,22H,18H2,1-3H3;3-9,11H,16H2,1-2H3/i;3D,4D,5D,8D. The minimum absolute atomic E-state index is 0.0323. The van der Waals surface area contributed by atoms with Crippen LogP contribution in [0, 0.1) is 6.92 Å². The Morgan fingerprint density at radius 1 is 0.854 bits per heavy atom. The summed E-state index contributed by atoms with van der Waals surface area (Å²) in [5, 5.41) is 19.3. The van der Waals surface area contributed by atoms with Gasteiger partial charge < -0.3 is 16.6 Å². The molecule has 0 aliphatic rings. The van der Waals surface area contributed by atoms with Gasteiger partial charge in [-0.2, -0.15) is 10.2 Å². The number of nitrogens with two attached hydrogens (primary N) is 2. The van der Waals surface area contributed by atoms with Crippen molar-refractivity contribution in [1.29, 1.82) is 0 Å². The van der Waals surface area contributed by atoms with Crippen LogP contribution in [0.25, 0.3) is 33.8 Å². The van der Waals surface area contributed by atoms with Gasteiger partial charge in [-0.25, -0.2) is 19.0 Å². The second-order valence-electron chi connectivity index (χ2n) is 10.6. The van der Waals surface area contributed by atoms with Crippen molar-refractivity contribution in [1.82, 2.24) is 29.2 Å². The van der Waals surface area contributed by atoms with Gasteiger partial charge in [0.05, 0.1) is 22.5 Å². The van der Waals surface area contributed by atoms with Crippen molar-refractivity contribution >= 4 is 11.3 Å². The highest BCUT2D eigenvalue weighted by atomic mass is 16.3. The number of aromatic nitrogens is 6. The first-order valence-electron chi connectivity index (χ1n) is 15.3. The van der Waals surface area contributed by atoms with Gasteiger partial charge in [-0.1, -0.05) is 41.9 Å². The molecular formula is C32H36N8O. The third-order valence-corrected chi connectivity index (χ3v) is 6.64. The number of fused-ring (bicyclic) bond motifs is 2. The largest absolute Gasteiger partial charge is 0.386 e. The van der Waals surface area contributed by atoms with Crippen LogP contribution in [0.2, 0.25) is 0 Å². The number of hydrogen-bond acceptors (Lipinski definition) is 7. The van der Waals surface area contributed by atoms with Gasteiger partial charge in [-0.3, -0.25) is 0 Å². The Balaban J connectivity index is 0.000000178. The Bertz CT molecular complexity index is 2000. The molecule has 0 saturated heterocycles. The molecule has 41 heavy (non-hydrogen) atoms. The third-order valence-electron chi connectivity index (χ3n) is 6.64. The molecule has 9 nitrogen and oxygen atoms in total. The molecule has 0 saturated carbocycles. The van der Waals surface area contributed by atoms with E-state index in [9.17, 15) is 5.11 Å². The molecular weight excluding hydrogens is 512 g/mol. The molecule has 4 aromatic heterocycles. The van der Waals surface area contributed by atoms with Crippen molar-refractivity contribution in [3.8, 4) is 22.5 Å². The Hall–Kier alpha value is -4.44. The molecule has 0 radical (unpaired) electrons. The first-order chi connectivity index (χ1) is 21.2. The monoisotopic (exact) mass is 552 g/mol. The van der Waals surface area contributed by atoms with Crippen LogP contribution in [0.5, 0.6) is 0 Å². The number of benzene rings is 2. The summed E-state index contributed by atoms with van der Waals surface area (Å²) in [5.41, 5.74) is 17.8. The van der Waals surface area contributed by atoms with E-state index in [1.807, 2.05) is 43.5 Å². The predicted octanol–water partition coefficient (Wildman–Crippen LogP) is 5.37. The van der Waals surface area contributed by atoms with Crippen molar-refractivity contribution in [2.75, 3.05) is 0 Å². The molecule has 9 heteroatoms. The Morgan fingerprint density at radius 3 is 1.95 bits per heavy atom. The zero-order chi connectivity index (χ0) is 32.8. The molecule has 0 bridgehead atoms. The molecule has 0 amide bonds. The molecule has 210 valence electrons. The van der Waals surface area contributed by atoms with Crippen LogP contribution in [0.4, 0.5) is 0 Å². The molecule has 0 aliphatic heterocycles. The van der Waals surface area contributed by atoms with Crippen molar-refractivity contribution in [2.45, 2.75) is 52.3 Å². The van der Waals surface area contributed by atoms with E-state index in [4.69, 9.17) is 17.0 Å². The minimum atomic E-state index is -0.899. The first kappa shape index (κ1) is 23.3. The lowest BCUT2D eigenvalue weighted by Gasteiger charge is -2.19. The van der Waals surface area contributed by atoms with Crippen LogP contribution < -0.4 is 11.5 Å². The number of nitrogens with zero attached hydrogens (tertiary/aromatic N) is 6. The molecule has 4 heterocycles. The van der Waals surface area contributed by atoms with E-state index >= 15 is 0 Å². The highest BCUT2D eigenvalue weighted by Gasteiger charge is 2.19. The van der Waals surface area contributed by atoms with E-state index in [0.29, 0.717) is 22.5 Å². The number of hydrogen-bond donors (Lipinski definition) is 3. The lowest BCUT2D eigenvalue weighted by atomic mass is 9.94. The van der Waals surface area contributed by atoms with E-state index in [1.165, 1.54) is 0 Å². The van der Waals surface area contributed by atoms with Gasteiger partial charge in [0.2, 0.25) is 0 Å². The van der Waals surface area contributed by atoms with Crippen LogP contribution in [0.15, 0.2) is 85.4 Å². The smallest absolute Gasteiger partial charge is 0.153 e. The van der Waals surface area contributed by atoms with Crippen molar-refractivity contribution in [3.05, 3.63) is 108 Å². The van der Waals surface area contributed by atoms with Gasteiger partial charge in [0.1, 0.15) is 0 Å². The highest BCUT2D eigenvalue weighted by Crippen LogP contribution is 2.30. The molecule has 2 atom stereocenters. The maximum absolute atomic E-state index is 10.2. The van der Waals surface area contributed by atoms with Crippen LogP contribution in [0.1, 0.15) is 67.5 Å². The molecule has 0 aliphatic carbocycles. The summed E-state index contributed by atoms with van der Waals surface area (Å²) in [4.78, 5) is 8.43. The molecule has 0 spiro atoms. The molecule has 0 fully saturated rings. The average Bonchev–Trinajstić information content (AvgIpc) is 3.67. The Morgan fingerprint density at radius 2 is 1.41 bits per heavy atom. The van der Waals surface area contributed by atoms with Crippen molar-refractivity contribution in [2.24, 2.45) is 11.5 Å². The maximum atomic E-state index is 10.2. The summed E-state index contributed by atoms with van der Waals surface area (Å²) >= 11 is 0. The molecule has 2 unspecified atom stereocenters. The molecule has 6 aromatic rings. The quantitative estimate of drug-likeness (QED) is 0.262. The van der Waals surface area contributed by atoms with Crippen molar-refractivity contribution in [3.63, 3.8) is 0 Å². The topological polar surface area (TPSA) is 133 Å². The van der Waals surface area contributed by atoms with Crippen LogP contribution in [-0.2, 0) is 5.60 Å². The fraction of sp³-hybridized carbons (Fsp3) is 0.250. The second-order valence-corrected chi connectivity index (χ2v) is 10.6. The zero-order valence-electron chi connectivity index (χ0n) is 27.7. The number of rotatable bonds is 5. The van der Waals surface area contributed by atoms with E-state index < -0.39 is 5.60 Å². The predicted molar refractivity (Wildman–Crippen MR) is 162 cm³/mol. The van der Waals surface area contributed by atoms with Gasteiger partial charge >= 0.3 is 0 Å². The van der Waals surface area contributed by atoms with E-state index in [1.54, 1.807) is 61.4 Å². The van der Waals surface area contributed by atoms with Gasteiger partial charge in [-0.05, 0) is 64.4 Å². The van der Waals surface area contributed by atoms with E-state index in [2.05, 4.69) is 20.2 Å². The van der Waals surface area contributed by atoms with Gasteiger partial charge in [0, 0.05) is 59.1 Å². The van der Waals surface area contributed by atoms with Gasteiger partial charge in [-0.15, -0.1) is 0 Å². The number of imidazole rings is 2. The summed E-state index contributed by atoms with van der Waals surface area (Å²) in [6.45, 7) is 8.86. The molecule has 2 aromatic carbocycles. The van der Waals surface area contributed by atoms with Gasteiger partial charge in [0.25, 0.3) is 0 Å². The third kappa shape index (κ3) is 6.02. The molecule has 5 N–H and O–H groups in total. The van der Waals surface area contributed by atoms with Crippen LogP contribution in [-0.4, -0.2) is 34.3 Å². The summed E-state index contributed by atoms with van der Waals surface area (Å²) in [5.74, 6) is 0. The van der Waals surface area contributed by atoms with Crippen LogP contribution >= 0.6 is 0 Å². The SMILES string of the molecule is CC(N)c1cc2nccn2nc1-c1cccc(C(C)(C)O)c1.[2H]c1c([2H])c(C)c([2H])c(-c2nn3ccnc3cc2C(C)N)c1[2H]. The summed E-state index contributed by atoms with van der Waals surface area (Å²) in [7, 11) is 0. The number of aliphatic hydroxyl groups is 1. The lowest BCUT2D eigenvalue weighted by molar-refractivity contribution is 0.0786. The Kier molecular flexibility index (Phi) is 6.36. The van der Waals surface area contributed by atoms with E-state index in [0.717, 1.165) is 28.0 Å². The molecule has 6 rings (SSSR count). The van der Waals surface area contributed by atoms with Gasteiger partial charge in [0.15, 0.2) is 11.3 Å². The fourth-order valence-corrected chi connectivity index (χ4v) is 4.45. The zero-order valence-corrected chi connectivity index (χ0v) is 23.7. The summed E-state index contributed by atoms with van der Waals surface area (Å²) < 4.78 is 35.5. The fourth-order valence-electron chi connectivity index (χ4n) is 4.45. The van der Waals surface area contributed by atoms with Crippen LogP contribution in [0.3, 0.4) is 0 Å². The summed E-state index contributed by atoms with van der Waals surface area (Å²) in [6, 6.07) is 10.5. The Labute approximate surface area is 245 Å². The van der Waals surface area contributed by atoms with E-state index in [-0.39, 0.29) is 41.8 Å². The first-order valence-corrected chi connectivity index (χ1v) is 13.3. The lowest BCUT2D eigenvalue weighted by Crippen LogP contribution is -2.15.